The summed E-state index contributed by atoms with van der Waals surface area (Å²) in [6, 6.07) is 18.4. The van der Waals surface area contributed by atoms with Crippen LogP contribution >= 0.6 is 0 Å². The van der Waals surface area contributed by atoms with Gasteiger partial charge in [-0.3, -0.25) is 0 Å². The average Bonchev–Trinajstić information content (AvgIpc) is 3.28. The van der Waals surface area contributed by atoms with Crippen molar-refractivity contribution >= 4 is 17.5 Å². The van der Waals surface area contributed by atoms with Gasteiger partial charge in [-0.1, -0.05) is 56.2 Å². The molecule has 0 aliphatic heterocycles. The van der Waals surface area contributed by atoms with Gasteiger partial charge in [-0.25, -0.2) is 4.39 Å². The number of aryl methyl sites for hydroxylation is 1. The monoisotopic (exact) mass is 461 g/mol. The smallest absolute Gasteiger partial charge is 0.143 e. The van der Waals surface area contributed by atoms with Crippen molar-refractivity contribution in [3.63, 3.8) is 0 Å². The Morgan fingerprint density at radius 1 is 0.857 bits per heavy atom. The molecule has 1 aliphatic rings. The highest BCUT2D eigenvalue weighted by atomic mass is 19.1. The second-order valence-corrected chi connectivity index (χ2v) is 8.81. The zero-order valence-electron chi connectivity index (χ0n) is 20.2. The highest BCUT2D eigenvalue weighted by molar-refractivity contribution is 5.66. The number of fused-ring (bicyclic) bond motifs is 1. The van der Waals surface area contributed by atoms with Crippen molar-refractivity contribution in [2.24, 2.45) is 10.2 Å². The number of halogens is 1. The van der Waals surface area contributed by atoms with E-state index in [1.165, 1.54) is 48.1 Å². The third kappa shape index (κ3) is 6.11. The summed E-state index contributed by atoms with van der Waals surface area (Å²) in [5.41, 5.74) is 8.37. The highest BCUT2D eigenvalue weighted by Crippen LogP contribution is 2.29. The third-order valence-electron chi connectivity index (χ3n) is 6.08. The molecule has 0 fully saturated rings. The Hall–Kier alpha value is -4.02. The van der Waals surface area contributed by atoms with Crippen LogP contribution in [0.5, 0.6) is 0 Å². The van der Waals surface area contributed by atoms with Crippen LogP contribution in [-0.4, -0.2) is 0 Å². The summed E-state index contributed by atoms with van der Waals surface area (Å²) < 4.78 is 13.8. The number of azo groups is 1. The van der Waals surface area contributed by atoms with Crippen LogP contribution in [-0.2, 0) is 12.8 Å². The van der Waals surface area contributed by atoms with Crippen LogP contribution in [0.15, 0.2) is 70.4 Å². The van der Waals surface area contributed by atoms with E-state index in [0.717, 1.165) is 36.0 Å². The van der Waals surface area contributed by atoms with Crippen molar-refractivity contribution in [3.8, 4) is 17.9 Å². The fourth-order valence-corrected chi connectivity index (χ4v) is 4.20. The van der Waals surface area contributed by atoms with Gasteiger partial charge < -0.3 is 0 Å². The second kappa shape index (κ2) is 11.4. The Balaban J connectivity index is 1.54. The Morgan fingerprint density at radius 2 is 1.63 bits per heavy atom. The Morgan fingerprint density at radius 3 is 2.34 bits per heavy atom. The predicted octanol–water partition coefficient (Wildman–Crippen LogP) is 8.59. The number of nitriles is 1. The van der Waals surface area contributed by atoms with E-state index in [9.17, 15) is 4.39 Å². The molecule has 0 heterocycles. The van der Waals surface area contributed by atoms with Crippen LogP contribution < -0.4 is 0 Å². The minimum Gasteiger partial charge on any atom is -0.205 e. The first-order chi connectivity index (χ1) is 17.1. The summed E-state index contributed by atoms with van der Waals surface area (Å²) in [5, 5.41) is 17.3. The molecule has 0 bridgehead atoms. The van der Waals surface area contributed by atoms with Gasteiger partial charge in [0.1, 0.15) is 11.9 Å². The number of rotatable bonds is 7. The number of hydrogen-bond donors (Lipinski definition) is 0. The molecule has 0 radical (unpaired) electrons. The maximum absolute atomic E-state index is 13.8. The van der Waals surface area contributed by atoms with Gasteiger partial charge in [0.2, 0.25) is 0 Å². The first-order valence-corrected chi connectivity index (χ1v) is 12.2. The summed E-state index contributed by atoms with van der Waals surface area (Å²) in [5.74, 6) is 6.09. The van der Waals surface area contributed by atoms with Gasteiger partial charge in [0.25, 0.3) is 0 Å². The molecule has 4 heteroatoms. The lowest BCUT2D eigenvalue weighted by molar-refractivity contribution is 0.624. The van der Waals surface area contributed by atoms with E-state index in [1.807, 2.05) is 18.2 Å². The Labute approximate surface area is 207 Å². The van der Waals surface area contributed by atoms with Gasteiger partial charge in [0.05, 0.1) is 16.9 Å². The Kier molecular flexibility index (Phi) is 7.86. The van der Waals surface area contributed by atoms with E-state index in [1.54, 1.807) is 12.1 Å². The average molecular weight is 462 g/mol. The van der Waals surface area contributed by atoms with Crippen molar-refractivity contribution in [3.05, 3.63) is 99.4 Å². The highest BCUT2D eigenvalue weighted by Gasteiger charge is 2.12. The minimum absolute atomic E-state index is 0.00608. The largest absolute Gasteiger partial charge is 0.205 e. The molecule has 0 saturated heterocycles. The maximum atomic E-state index is 13.8. The molecule has 0 N–H and O–H groups in total. The zero-order valence-corrected chi connectivity index (χ0v) is 20.2. The molecule has 1 aliphatic carbocycles. The maximum Gasteiger partial charge on any atom is 0.143 e. The molecule has 0 spiro atoms. The molecule has 0 unspecified atom stereocenters. The fraction of sp³-hybridized carbons (Fsp3) is 0.258. The predicted molar refractivity (Wildman–Crippen MR) is 139 cm³/mol. The summed E-state index contributed by atoms with van der Waals surface area (Å²) >= 11 is 0. The normalized spacial score (nSPS) is 12.1. The number of allylic oxidation sites excluding steroid dienone is 1. The molecule has 0 amide bonds. The van der Waals surface area contributed by atoms with Crippen LogP contribution in [0.4, 0.5) is 15.8 Å². The van der Waals surface area contributed by atoms with Crippen LogP contribution in [0.3, 0.4) is 0 Å². The van der Waals surface area contributed by atoms with Crippen molar-refractivity contribution < 1.29 is 4.39 Å². The Bertz CT molecular complexity index is 1400. The lowest BCUT2D eigenvalue weighted by atomic mass is 10.0. The molecule has 0 atom stereocenters. The van der Waals surface area contributed by atoms with Gasteiger partial charge in [-0.2, -0.15) is 15.5 Å². The lowest BCUT2D eigenvalue weighted by Gasteiger charge is -2.04. The molecular weight excluding hydrogens is 433 g/mol. The summed E-state index contributed by atoms with van der Waals surface area (Å²) in [6.45, 7) is 4.36. The first kappa shape index (κ1) is 24.1. The molecular formula is C31H28FN3. The summed E-state index contributed by atoms with van der Waals surface area (Å²) in [4.78, 5) is 0. The number of hydrogen-bond acceptors (Lipinski definition) is 3. The first-order valence-electron chi connectivity index (χ1n) is 12.2. The third-order valence-corrected chi connectivity index (χ3v) is 6.08. The van der Waals surface area contributed by atoms with Crippen LogP contribution in [0.25, 0.3) is 6.08 Å². The van der Waals surface area contributed by atoms with Crippen molar-refractivity contribution in [1.29, 1.82) is 5.26 Å². The SMILES string of the molecule is CCCCC1=Cc2cc(C#Cc3ccc(/N=N\c4ccc(C#N)c(F)c4)cc3CCC)ccc2C1. The molecule has 174 valence electrons. The van der Waals surface area contributed by atoms with Crippen LogP contribution in [0.1, 0.15) is 72.9 Å². The molecule has 35 heavy (non-hydrogen) atoms. The quantitative estimate of drug-likeness (QED) is 0.257. The van der Waals surface area contributed by atoms with E-state index in [0.29, 0.717) is 11.4 Å². The minimum atomic E-state index is -0.597. The van der Waals surface area contributed by atoms with Crippen molar-refractivity contribution in [2.75, 3.05) is 0 Å². The number of unbranched alkanes of at least 4 members (excludes halogenated alkanes) is 1. The van der Waals surface area contributed by atoms with Crippen LogP contribution in [0.2, 0.25) is 0 Å². The second-order valence-electron chi connectivity index (χ2n) is 8.81. The molecule has 0 aromatic heterocycles. The lowest BCUT2D eigenvalue weighted by Crippen LogP contribution is -1.90. The topological polar surface area (TPSA) is 48.5 Å². The number of benzene rings is 3. The number of nitrogens with zero attached hydrogens (tertiary/aromatic N) is 3. The van der Waals surface area contributed by atoms with E-state index in [2.05, 4.69) is 60.2 Å². The van der Waals surface area contributed by atoms with Gasteiger partial charge in [0.15, 0.2) is 0 Å². The standard InChI is InChI=1S/C31H28FN3/c1-3-5-7-23-17-26-11-9-22(16-28(26)18-23)8-10-24-12-14-29(19-25(24)6-4-2)34-35-30-15-13-27(21-33)31(32)20-30/h9,11-16,18-20H,3-7,17H2,1-2H3/b35-34-. The van der Waals surface area contributed by atoms with Crippen LogP contribution in [0, 0.1) is 29.0 Å². The van der Waals surface area contributed by atoms with Crippen molar-refractivity contribution in [2.45, 2.75) is 52.4 Å². The summed E-state index contributed by atoms with van der Waals surface area (Å²) in [7, 11) is 0. The summed E-state index contributed by atoms with van der Waals surface area (Å²) in [6.07, 6.45) is 8.90. The van der Waals surface area contributed by atoms with E-state index in [-0.39, 0.29) is 5.56 Å². The van der Waals surface area contributed by atoms with Gasteiger partial charge in [-0.05, 0) is 84.8 Å². The van der Waals surface area contributed by atoms with Crippen molar-refractivity contribution in [1.82, 2.24) is 0 Å². The molecule has 3 aromatic carbocycles. The van der Waals surface area contributed by atoms with E-state index < -0.39 is 5.82 Å². The van der Waals surface area contributed by atoms with E-state index in [4.69, 9.17) is 5.26 Å². The zero-order chi connectivity index (χ0) is 24.6. The molecule has 3 aromatic rings. The van der Waals surface area contributed by atoms with Gasteiger partial charge in [0, 0.05) is 17.2 Å². The van der Waals surface area contributed by atoms with Gasteiger partial charge >= 0.3 is 0 Å². The molecule has 0 saturated carbocycles. The molecule has 3 nitrogen and oxygen atoms in total. The van der Waals surface area contributed by atoms with Gasteiger partial charge in [-0.15, -0.1) is 0 Å². The molecule has 4 rings (SSSR count). The van der Waals surface area contributed by atoms with E-state index >= 15 is 0 Å². The fourth-order valence-electron chi connectivity index (χ4n) is 4.20.